The van der Waals surface area contributed by atoms with Crippen LogP contribution in [0.2, 0.25) is 0 Å². The van der Waals surface area contributed by atoms with Crippen molar-refractivity contribution >= 4 is 17.9 Å². The van der Waals surface area contributed by atoms with Gasteiger partial charge in [-0.15, -0.1) is 0 Å². The minimum absolute atomic E-state index is 0.227. The van der Waals surface area contributed by atoms with E-state index in [1.165, 1.54) is 0 Å². The van der Waals surface area contributed by atoms with Crippen molar-refractivity contribution in [3.05, 3.63) is 24.3 Å². The number of carboxylic acid groups (broad SMARTS) is 2. The van der Waals surface area contributed by atoms with Crippen LogP contribution in [0.4, 0.5) is 0 Å². The first-order valence-electron chi connectivity index (χ1n) is 10.4. The maximum absolute atomic E-state index is 11.7. The second kappa shape index (κ2) is 18.3. The summed E-state index contributed by atoms with van der Waals surface area (Å²) in [7, 11) is 0. The zero-order valence-electron chi connectivity index (χ0n) is 17.1. The minimum atomic E-state index is -1.17. The van der Waals surface area contributed by atoms with Crippen molar-refractivity contribution < 1.29 is 29.3 Å². The Bertz CT molecular complexity index is 495. The molecule has 6 nitrogen and oxygen atoms in total. The third-order valence-corrected chi connectivity index (χ3v) is 4.35. The van der Waals surface area contributed by atoms with Crippen LogP contribution in [-0.4, -0.2) is 34.2 Å². The molecule has 0 unspecified atom stereocenters. The number of unbranched alkanes of at least 4 members (excludes halogenated alkanes) is 8. The maximum atomic E-state index is 11.7. The molecule has 0 aromatic heterocycles. The molecule has 0 aliphatic heterocycles. The molecule has 0 bridgehead atoms. The van der Waals surface area contributed by atoms with Crippen LogP contribution in [0.25, 0.3) is 0 Å². The summed E-state index contributed by atoms with van der Waals surface area (Å²) in [5.74, 6) is -2.51. The van der Waals surface area contributed by atoms with Crippen LogP contribution < -0.4 is 0 Å². The van der Waals surface area contributed by atoms with E-state index in [2.05, 4.69) is 13.0 Å². The lowest BCUT2D eigenvalue weighted by molar-refractivity contribution is -0.143. The molecule has 0 aromatic carbocycles. The van der Waals surface area contributed by atoms with Crippen molar-refractivity contribution in [2.75, 3.05) is 0 Å². The Kier molecular flexibility index (Phi) is 16.9. The largest absolute Gasteiger partial charge is 0.481 e. The normalized spacial score (nSPS) is 12.5. The van der Waals surface area contributed by atoms with E-state index in [0.29, 0.717) is 6.42 Å². The molecule has 2 N–H and O–H groups in total. The van der Waals surface area contributed by atoms with Crippen LogP contribution in [0, 0.1) is 0 Å². The van der Waals surface area contributed by atoms with Crippen LogP contribution in [0.1, 0.15) is 90.4 Å². The monoisotopic (exact) mass is 396 g/mol. The predicted octanol–water partition coefficient (Wildman–Crippen LogP) is 5.27. The summed E-state index contributed by atoms with van der Waals surface area (Å²) in [6, 6.07) is 0. The lowest BCUT2D eigenvalue weighted by Gasteiger charge is -2.15. The standard InChI is InChI=1S/C22H36O6/c1-2-3-4-11-14-19(28-22(27)18-17-21(25)26)15-12-9-7-5-6-8-10-13-16-20(23)24/h9,12,17-19H,2-8,10-11,13-16H2,1H3,(H,23,24)(H,25,26)/b12-9-,18-17+/t19-/m1/s1. The van der Waals surface area contributed by atoms with Crippen LogP contribution in [0.3, 0.4) is 0 Å². The third kappa shape index (κ3) is 18.7. The minimum Gasteiger partial charge on any atom is -0.481 e. The van der Waals surface area contributed by atoms with E-state index in [-0.39, 0.29) is 12.5 Å². The van der Waals surface area contributed by atoms with E-state index in [1.807, 2.05) is 6.08 Å². The summed E-state index contributed by atoms with van der Waals surface area (Å²) in [4.78, 5) is 32.6. The van der Waals surface area contributed by atoms with Gasteiger partial charge >= 0.3 is 17.9 Å². The van der Waals surface area contributed by atoms with Crippen molar-refractivity contribution in [3.8, 4) is 0 Å². The Labute approximate surface area is 168 Å². The molecule has 28 heavy (non-hydrogen) atoms. The van der Waals surface area contributed by atoms with Crippen molar-refractivity contribution in [1.82, 2.24) is 0 Å². The van der Waals surface area contributed by atoms with Crippen LogP contribution >= 0.6 is 0 Å². The summed E-state index contributed by atoms with van der Waals surface area (Å²) >= 11 is 0. The molecule has 0 saturated heterocycles. The van der Waals surface area contributed by atoms with E-state index in [1.54, 1.807) is 0 Å². The molecular formula is C22H36O6. The van der Waals surface area contributed by atoms with Crippen LogP contribution in [-0.2, 0) is 19.1 Å². The zero-order valence-corrected chi connectivity index (χ0v) is 17.1. The Hall–Kier alpha value is -2.11. The first-order valence-corrected chi connectivity index (χ1v) is 10.4. The summed E-state index contributed by atoms with van der Waals surface area (Å²) < 4.78 is 5.38. The highest BCUT2D eigenvalue weighted by Crippen LogP contribution is 2.14. The number of carboxylic acids is 2. The third-order valence-electron chi connectivity index (χ3n) is 4.35. The highest BCUT2D eigenvalue weighted by atomic mass is 16.5. The number of hydrogen-bond acceptors (Lipinski definition) is 4. The van der Waals surface area contributed by atoms with Crippen molar-refractivity contribution in [2.24, 2.45) is 0 Å². The van der Waals surface area contributed by atoms with Gasteiger partial charge in [-0.25, -0.2) is 9.59 Å². The first kappa shape index (κ1) is 25.9. The summed E-state index contributed by atoms with van der Waals surface area (Å²) in [6.07, 6.45) is 17.5. The average molecular weight is 397 g/mol. The number of ether oxygens (including phenoxy) is 1. The number of rotatable bonds is 18. The highest BCUT2D eigenvalue weighted by Gasteiger charge is 2.11. The maximum Gasteiger partial charge on any atom is 0.331 e. The predicted molar refractivity (Wildman–Crippen MR) is 109 cm³/mol. The molecule has 0 heterocycles. The summed E-state index contributed by atoms with van der Waals surface area (Å²) in [6.45, 7) is 2.14. The molecule has 160 valence electrons. The van der Waals surface area contributed by atoms with Gasteiger partial charge in [0.25, 0.3) is 0 Å². The molecule has 0 aliphatic rings. The molecule has 0 saturated carbocycles. The number of esters is 1. The molecule has 0 aromatic rings. The van der Waals surface area contributed by atoms with Gasteiger partial charge in [-0.3, -0.25) is 4.79 Å². The Morgan fingerprint density at radius 1 is 0.857 bits per heavy atom. The number of hydrogen-bond donors (Lipinski definition) is 2. The van der Waals surface area contributed by atoms with Gasteiger partial charge in [-0.05, 0) is 32.1 Å². The quantitative estimate of drug-likeness (QED) is 0.142. The number of carbonyl (C=O) groups is 3. The lowest BCUT2D eigenvalue weighted by atomic mass is 10.1. The highest BCUT2D eigenvalue weighted by molar-refractivity contribution is 5.90. The second-order valence-electron chi connectivity index (χ2n) is 6.99. The van der Waals surface area contributed by atoms with Gasteiger partial charge in [0.15, 0.2) is 0 Å². The van der Waals surface area contributed by atoms with Gasteiger partial charge in [0.2, 0.25) is 0 Å². The van der Waals surface area contributed by atoms with Crippen molar-refractivity contribution in [2.45, 2.75) is 96.5 Å². The van der Waals surface area contributed by atoms with E-state index in [0.717, 1.165) is 82.8 Å². The van der Waals surface area contributed by atoms with E-state index in [9.17, 15) is 14.4 Å². The fourth-order valence-electron chi connectivity index (χ4n) is 2.80. The van der Waals surface area contributed by atoms with Gasteiger partial charge in [-0.2, -0.15) is 0 Å². The number of carbonyl (C=O) groups excluding carboxylic acids is 1. The smallest absolute Gasteiger partial charge is 0.331 e. The topological polar surface area (TPSA) is 101 Å². The van der Waals surface area contributed by atoms with Gasteiger partial charge in [-0.1, -0.05) is 57.6 Å². The van der Waals surface area contributed by atoms with Gasteiger partial charge in [0.1, 0.15) is 6.10 Å². The Balaban J connectivity index is 4.09. The molecule has 0 fully saturated rings. The fraction of sp³-hybridized carbons (Fsp3) is 0.682. The molecule has 0 amide bonds. The number of allylic oxidation sites excluding steroid dienone is 1. The molecule has 1 atom stereocenters. The SMILES string of the molecule is CCCCCC[C@H](C/C=C\CCCCCCCC(=O)O)OC(=O)/C=C/C(=O)O. The Morgan fingerprint density at radius 2 is 1.54 bits per heavy atom. The molecular weight excluding hydrogens is 360 g/mol. The first-order chi connectivity index (χ1) is 13.5. The average Bonchev–Trinajstić information content (AvgIpc) is 2.64. The number of aliphatic carboxylic acids is 2. The van der Waals surface area contributed by atoms with Crippen molar-refractivity contribution in [1.29, 1.82) is 0 Å². The zero-order chi connectivity index (χ0) is 21.0. The molecule has 0 aliphatic carbocycles. The second-order valence-corrected chi connectivity index (χ2v) is 6.99. The molecule has 0 radical (unpaired) electrons. The lowest BCUT2D eigenvalue weighted by Crippen LogP contribution is -2.16. The van der Waals surface area contributed by atoms with Gasteiger partial charge < -0.3 is 14.9 Å². The van der Waals surface area contributed by atoms with E-state index < -0.39 is 17.9 Å². The van der Waals surface area contributed by atoms with Crippen molar-refractivity contribution in [3.63, 3.8) is 0 Å². The van der Waals surface area contributed by atoms with Crippen LogP contribution in [0.15, 0.2) is 24.3 Å². The summed E-state index contributed by atoms with van der Waals surface area (Å²) in [5.41, 5.74) is 0. The molecule has 0 rings (SSSR count). The molecule has 0 spiro atoms. The summed E-state index contributed by atoms with van der Waals surface area (Å²) in [5, 5.41) is 17.2. The fourth-order valence-corrected chi connectivity index (χ4v) is 2.80. The van der Waals surface area contributed by atoms with Gasteiger partial charge in [0, 0.05) is 25.0 Å². The van der Waals surface area contributed by atoms with E-state index >= 15 is 0 Å². The Morgan fingerprint density at radius 3 is 2.21 bits per heavy atom. The van der Waals surface area contributed by atoms with Crippen LogP contribution in [0.5, 0.6) is 0 Å². The van der Waals surface area contributed by atoms with E-state index in [4.69, 9.17) is 14.9 Å². The van der Waals surface area contributed by atoms with Gasteiger partial charge in [0.05, 0.1) is 0 Å². The molecule has 6 heteroatoms.